The van der Waals surface area contributed by atoms with Gasteiger partial charge in [-0.15, -0.1) is 0 Å². The maximum Gasteiger partial charge on any atom is 0.257 e. The predicted octanol–water partition coefficient (Wildman–Crippen LogP) is 3.72. The van der Waals surface area contributed by atoms with E-state index in [0.29, 0.717) is 15.8 Å². The smallest absolute Gasteiger partial charge is 0.257 e. The third-order valence-electron chi connectivity index (χ3n) is 2.87. The highest BCUT2D eigenvalue weighted by atomic mass is 35.5. The second-order valence-electron chi connectivity index (χ2n) is 4.58. The zero-order chi connectivity index (χ0) is 16.1. The SMILES string of the molecule is O=C(CSc1nc2ccccc2o1)NN=Cc1ccc(Cl)cc1. The summed E-state index contributed by atoms with van der Waals surface area (Å²) in [5.74, 6) is -0.0624. The van der Waals surface area contributed by atoms with Crippen LogP contribution >= 0.6 is 23.4 Å². The van der Waals surface area contributed by atoms with Crippen molar-refractivity contribution < 1.29 is 9.21 Å². The van der Waals surface area contributed by atoms with Crippen molar-refractivity contribution in [3.05, 3.63) is 59.1 Å². The molecule has 0 unspecified atom stereocenters. The van der Waals surface area contributed by atoms with Crippen LogP contribution in [0.15, 0.2) is 63.3 Å². The lowest BCUT2D eigenvalue weighted by molar-refractivity contribution is -0.118. The number of carbonyl (C=O) groups is 1. The summed E-state index contributed by atoms with van der Waals surface area (Å²) in [6, 6.07) is 14.6. The van der Waals surface area contributed by atoms with Gasteiger partial charge in [-0.2, -0.15) is 5.10 Å². The molecule has 0 aliphatic rings. The molecule has 0 aliphatic heterocycles. The van der Waals surface area contributed by atoms with E-state index in [1.165, 1.54) is 11.8 Å². The highest BCUT2D eigenvalue weighted by molar-refractivity contribution is 7.99. The molecule has 0 saturated carbocycles. The molecule has 7 heteroatoms. The number of carbonyl (C=O) groups excluding carboxylic acids is 1. The van der Waals surface area contributed by atoms with Crippen molar-refractivity contribution >= 4 is 46.6 Å². The van der Waals surface area contributed by atoms with Crippen molar-refractivity contribution in [2.45, 2.75) is 5.22 Å². The third kappa shape index (κ3) is 4.34. The molecule has 1 aromatic heterocycles. The van der Waals surface area contributed by atoms with Gasteiger partial charge in [0.25, 0.3) is 11.1 Å². The van der Waals surface area contributed by atoms with Gasteiger partial charge in [0.2, 0.25) is 0 Å². The van der Waals surface area contributed by atoms with Crippen molar-refractivity contribution in [1.82, 2.24) is 10.4 Å². The van der Waals surface area contributed by atoms with E-state index >= 15 is 0 Å². The number of hydrogen-bond donors (Lipinski definition) is 1. The minimum atomic E-state index is -0.234. The summed E-state index contributed by atoms with van der Waals surface area (Å²) in [6.07, 6.45) is 1.55. The maximum atomic E-state index is 11.7. The Balaban J connectivity index is 1.50. The van der Waals surface area contributed by atoms with Crippen LogP contribution in [-0.2, 0) is 4.79 Å². The molecule has 1 N–H and O–H groups in total. The topological polar surface area (TPSA) is 67.5 Å². The van der Waals surface area contributed by atoms with Crippen LogP contribution in [0.4, 0.5) is 0 Å². The Morgan fingerprint density at radius 3 is 2.83 bits per heavy atom. The lowest BCUT2D eigenvalue weighted by Gasteiger charge is -1.97. The number of rotatable bonds is 5. The average Bonchev–Trinajstić information content (AvgIpc) is 2.98. The number of nitrogens with zero attached hydrogens (tertiary/aromatic N) is 2. The molecule has 0 fully saturated rings. The first kappa shape index (κ1) is 15.6. The molecule has 3 aromatic rings. The lowest BCUT2D eigenvalue weighted by Crippen LogP contribution is -2.19. The molecule has 0 atom stereocenters. The fourth-order valence-corrected chi connectivity index (χ4v) is 2.56. The van der Waals surface area contributed by atoms with Crippen LogP contribution in [0.25, 0.3) is 11.1 Å². The highest BCUT2D eigenvalue weighted by Crippen LogP contribution is 2.22. The van der Waals surface area contributed by atoms with Gasteiger partial charge >= 0.3 is 0 Å². The summed E-state index contributed by atoms with van der Waals surface area (Å²) in [5, 5.41) is 5.01. The predicted molar refractivity (Wildman–Crippen MR) is 91.9 cm³/mol. The van der Waals surface area contributed by atoms with E-state index in [4.69, 9.17) is 16.0 Å². The van der Waals surface area contributed by atoms with E-state index < -0.39 is 0 Å². The Labute approximate surface area is 141 Å². The minimum Gasteiger partial charge on any atom is -0.431 e. The van der Waals surface area contributed by atoms with Gasteiger partial charge in [-0.05, 0) is 29.8 Å². The minimum absolute atomic E-state index is 0.171. The van der Waals surface area contributed by atoms with Crippen LogP contribution < -0.4 is 5.43 Å². The molecule has 0 bridgehead atoms. The summed E-state index contributed by atoms with van der Waals surface area (Å²) in [5.41, 5.74) is 4.78. The number of benzene rings is 2. The number of nitrogens with one attached hydrogen (secondary N) is 1. The first-order valence-electron chi connectivity index (χ1n) is 6.76. The second-order valence-corrected chi connectivity index (χ2v) is 5.94. The van der Waals surface area contributed by atoms with Gasteiger partial charge in [0.05, 0.1) is 12.0 Å². The van der Waals surface area contributed by atoms with E-state index in [9.17, 15) is 4.79 Å². The van der Waals surface area contributed by atoms with Crippen molar-refractivity contribution in [3.63, 3.8) is 0 Å². The molecule has 1 heterocycles. The third-order valence-corrected chi connectivity index (χ3v) is 3.95. The number of halogens is 1. The number of hydrogen-bond acceptors (Lipinski definition) is 5. The standard InChI is InChI=1S/C16H12ClN3O2S/c17-12-7-5-11(6-8-12)9-18-20-15(21)10-23-16-19-13-3-1-2-4-14(13)22-16/h1-9H,10H2,(H,20,21). The maximum absolute atomic E-state index is 11.7. The summed E-state index contributed by atoms with van der Waals surface area (Å²) in [6.45, 7) is 0. The summed E-state index contributed by atoms with van der Waals surface area (Å²) in [4.78, 5) is 16.0. The first-order chi connectivity index (χ1) is 11.2. The van der Waals surface area contributed by atoms with Gasteiger partial charge in [0.1, 0.15) is 5.52 Å². The zero-order valence-electron chi connectivity index (χ0n) is 11.9. The van der Waals surface area contributed by atoms with Crippen LogP contribution in [-0.4, -0.2) is 22.9 Å². The van der Waals surface area contributed by atoms with Gasteiger partial charge in [-0.25, -0.2) is 10.4 Å². The number of fused-ring (bicyclic) bond motifs is 1. The summed E-state index contributed by atoms with van der Waals surface area (Å²) < 4.78 is 5.52. The largest absolute Gasteiger partial charge is 0.431 e. The summed E-state index contributed by atoms with van der Waals surface area (Å²) in [7, 11) is 0. The quantitative estimate of drug-likeness (QED) is 0.434. The second kappa shape index (κ2) is 7.30. The van der Waals surface area contributed by atoms with Crippen molar-refractivity contribution in [1.29, 1.82) is 0 Å². The number of oxazole rings is 1. The highest BCUT2D eigenvalue weighted by Gasteiger charge is 2.08. The first-order valence-corrected chi connectivity index (χ1v) is 8.13. The van der Waals surface area contributed by atoms with Crippen LogP contribution in [0.5, 0.6) is 0 Å². The monoisotopic (exact) mass is 345 g/mol. The van der Waals surface area contributed by atoms with Crippen LogP contribution in [0.2, 0.25) is 5.02 Å². The van der Waals surface area contributed by atoms with E-state index in [1.807, 2.05) is 36.4 Å². The lowest BCUT2D eigenvalue weighted by atomic mass is 10.2. The molecular formula is C16H12ClN3O2S. The van der Waals surface area contributed by atoms with Gasteiger partial charge in [0.15, 0.2) is 5.58 Å². The number of thioether (sulfide) groups is 1. The molecule has 2 aromatic carbocycles. The van der Waals surface area contributed by atoms with Crippen molar-refractivity contribution in [3.8, 4) is 0 Å². The molecule has 23 heavy (non-hydrogen) atoms. The Bertz CT molecular complexity index is 813. The Morgan fingerprint density at radius 2 is 2.04 bits per heavy atom. The molecule has 0 saturated heterocycles. The number of para-hydroxylation sites is 2. The Kier molecular flexibility index (Phi) is 4.95. The van der Waals surface area contributed by atoms with Crippen LogP contribution in [0.3, 0.4) is 0 Å². The molecule has 116 valence electrons. The van der Waals surface area contributed by atoms with Gasteiger partial charge in [-0.1, -0.05) is 47.6 Å². The molecule has 3 rings (SSSR count). The van der Waals surface area contributed by atoms with Crippen molar-refractivity contribution in [2.24, 2.45) is 5.10 Å². The van der Waals surface area contributed by atoms with E-state index in [0.717, 1.165) is 11.1 Å². The normalized spacial score (nSPS) is 11.2. The molecule has 1 amide bonds. The van der Waals surface area contributed by atoms with Gasteiger partial charge < -0.3 is 4.42 Å². The van der Waals surface area contributed by atoms with E-state index in [-0.39, 0.29) is 11.7 Å². The van der Waals surface area contributed by atoms with E-state index in [2.05, 4.69) is 15.5 Å². The fraction of sp³-hybridized carbons (Fsp3) is 0.0625. The summed E-state index contributed by atoms with van der Waals surface area (Å²) >= 11 is 7.01. The van der Waals surface area contributed by atoms with E-state index in [1.54, 1.807) is 18.3 Å². The van der Waals surface area contributed by atoms with Crippen LogP contribution in [0.1, 0.15) is 5.56 Å². The molecule has 0 aliphatic carbocycles. The molecule has 0 radical (unpaired) electrons. The average molecular weight is 346 g/mol. The van der Waals surface area contributed by atoms with Gasteiger partial charge in [0, 0.05) is 5.02 Å². The molecule has 5 nitrogen and oxygen atoms in total. The molecular weight excluding hydrogens is 334 g/mol. The Hall–Kier alpha value is -2.31. The number of hydrazone groups is 1. The van der Waals surface area contributed by atoms with Crippen LogP contribution in [0, 0.1) is 0 Å². The Morgan fingerprint density at radius 1 is 1.26 bits per heavy atom. The number of aromatic nitrogens is 1. The van der Waals surface area contributed by atoms with Crippen molar-refractivity contribution in [2.75, 3.05) is 5.75 Å². The van der Waals surface area contributed by atoms with Gasteiger partial charge in [-0.3, -0.25) is 4.79 Å². The zero-order valence-corrected chi connectivity index (χ0v) is 13.5. The molecule has 0 spiro atoms. The fourth-order valence-electron chi connectivity index (χ4n) is 1.80. The number of amides is 1.